The molecule has 0 bridgehead atoms. The molecular formula is C21H46ClN3. The van der Waals surface area contributed by atoms with Crippen LogP contribution in [0.25, 0.3) is 0 Å². The van der Waals surface area contributed by atoms with Crippen molar-refractivity contribution in [2.45, 2.75) is 92.9 Å². The van der Waals surface area contributed by atoms with Crippen LogP contribution in [0.3, 0.4) is 0 Å². The Bertz CT molecular complexity index is 296. The summed E-state index contributed by atoms with van der Waals surface area (Å²) in [4.78, 5) is 5.26. The van der Waals surface area contributed by atoms with E-state index < -0.39 is 0 Å². The van der Waals surface area contributed by atoms with Crippen molar-refractivity contribution in [1.82, 2.24) is 9.80 Å². The number of guanidine groups is 1. The first kappa shape index (κ1) is 26.8. The maximum atomic E-state index is 2.70. The zero-order chi connectivity index (χ0) is 18.2. The third kappa shape index (κ3) is 11.0. The second-order valence-corrected chi connectivity index (χ2v) is 6.75. The molecule has 0 aromatic rings. The van der Waals surface area contributed by atoms with Gasteiger partial charge in [0.1, 0.15) is 0 Å². The summed E-state index contributed by atoms with van der Waals surface area (Å²) >= 11 is 0. The molecule has 25 heavy (non-hydrogen) atoms. The molecule has 0 saturated heterocycles. The summed E-state index contributed by atoms with van der Waals surface area (Å²) in [7, 11) is 0. The topological polar surface area (TPSA) is 9.49 Å². The lowest BCUT2D eigenvalue weighted by atomic mass is 10.1. The Balaban J connectivity index is 0. The van der Waals surface area contributed by atoms with E-state index in [2.05, 4.69) is 55.9 Å². The molecule has 0 aliphatic rings. The van der Waals surface area contributed by atoms with Crippen LogP contribution in [0.5, 0.6) is 0 Å². The fourth-order valence-electron chi connectivity index (χ4n) is 3.38. The molecule has 0 aliphatic heterocycles. The quantitative estimate of drug-likeness (QED) is 0.199. The van der Waals surface area contributed by atoms with Crippen LogP contribution in [0.4, 0.5) is 0 Å². The van der Waals surface area contributed by atoms with Crippen molar-refractivity contribution >= 4 is 5.96 Å². The van der Waals surface area contributed by atoms with Crippen LogP contribution in [0.15, 0.2) is 0 Å². The van der Waals surface area contributed by atoms with Gasteiger partial charge in [0, 0.05) is 0 Å². The van der Waals surface area contributed by atoms with E-state index in [1.807, 2.05) is 0 Å². The highest BCUT2D eigenvalue weighted by Crippen LogP contribution is 2.09. The third-order valence-corrected chi connectivity index (χ3v) is 4.94. The Hall–Kier alpha value is -0.440. The van der Waals surface area contributed by atoms with E-state index in [4.69, 9.17) is 0 Å². The first-order valence-corrected chi connectivity index (χ1v) is 10.8. The van der Waals surface area contributed by atoms with Crippen LogP contribution in [-0.4, -0.2) is 59.6 Å². The van der Waals surface area contributed by atoms with Gasteiger partial charge in [0.2, 0.25) is 0 Å². The van der Waals surface area contributed by atoms with E-state index >= 15 is 0 Å². The van der Waals surface area contributed by atoms with Gasteiger partial charge in [-0.05, 0) is 40.5 Å². The fraction of sp³-hybridized carbons (Fsp3) is 0.952. The van der Waals surface area contributed by atoms with Crippen LogP contribution in [-0.2, 0) is 0 Å². The van der Waals surface area contributed by atoms with Crippen molar-refractivity contribution in [2.75, 3.05) is 39.3 Å². The Labute approximate surface area is 165 Å². The number of nitrogens with zero attached hydrogens (tertiary/aromatic N) is 3. The molecule has 0 aromatic carbocycles. The molecule has 4 heteroatoms. The van der Waals surface area contributed by atoms with Gasteiger partial charge in [-0.2, -0.15) is 0 Å². The number of hydrogen-bond acceptors (Lipinski definition) is 0. The predicted octanol–water partition coefficient (Wildman–Crippen LogP) is 2.20. The summed E-state index contributed by atoms with van der Waals surface area (Å²) in [6.45, 7) is 20.6. The fourth-order valence-corrected chi connectivity index (χ4v) is 3.38. The zero-order valence-electron chi connectivity index (χ0n) is 18.1. The highest BCUT2D eigenvalue weighted by Gasteiger charge is 2.26. The standard InChI is InChI=1S/C21H46N3.ClH/c1-7-13-15-17-19-24(20-18-16-14-8-2)21(22(9-3)10-4)23(11-5)12-6;/h7-20H2,1-6H3;1H/q+1;/p-1. The van der Waals surface area contributed by atoms with E-state index in [-0.39, 0.29) is 12.4 Å². The zero-order valence-corrected chi connectivity index (χ0v) is 18.9. The van der Waals surface area contributed by atoms with Gasteiger partial charge >= 0.3 is 5.96 Å². The van der Waals surface area contributed by atoms with Gasteiger partial charge in [0.25, 0.3) is 0 Å². The maximum Gasteiger partial charge on any atom is 0.350 e. The average Bonchev–Trinajstić information content (AvgIpc) is 2.61. The van der Waals surface area contributed by atoms with Gasteiger partial charge in [0.15, 0.2) is 0 Å². The normalized spacial score (nSPS) is 10.3. The Morgan fingerprint density at radius 2 is 1.04 bits per heavy atom. The van der Waals surface area contributed by atoms with Gasteiger partial charge in [0.05, 0.1) is 39.3 Å². The molecule has 3 nitrogen and oxygen atoms in total. The molecule has 0 aliphatic carbocycles. The molecule has 0 spiro atoms. The molecule has 0 amide bonds. The lowest BCUT2D eigenvalue weighted by Crippen LogP contribution is -3.00. The van der Waals surface area contributed by atoms with Gasteiger partial charge in [-0.3, -0.25) is 14.4 Å². The minimum atomic E-state index is 0. The van der Waals surface area contributed by atoms with Crippen molar-refractivity contribution in [2.24, 2.45) is 0 Å². The number of hydrogen-bond donors (Lipinski definition) is 0. The van der Waals surface area contributed by atoms with Crippen LogP contribution >= 0.6 is 0 Å². The van der Waals surface area contributed by atoms with E-state index in [9.17, 15) is 0 Å². The largest absolute Gasteiger partial charge is 1.00 e. The van der Waals surface area contributed by atoms with Crippen molar-refractivity contribution < 1.29 is 17.0 Å². The minimum absolute atomic E-state index is 0. The summed E-state index contributed by atoms with van der Waals surface area (Å²) < 4.78 is 2.56. The Kier molecular flexibility index (Phi) is 19.7. The van der Waals surface area contributed by atoms with Crippen molar-refractivity contribution in [3.05, 3.63) is 0 Å². The van der Waals surface area contributed by atoms with Crippen LogP contribution in [0, 0.1) is 0 Å². The van der Waals surface area contributed by atoms with Crippen LogP contribution < -0.4 is 12.4 Å². The number of rotatable bonds is 14. The Morgan fingerprint density at radius 1 is 0.600 bits per heavy atom. The van der Waals surface area contributed by atoms with E-state index in [0.29, 0.717) is 0 Å². The molecule has 0 N–H and O–H groups in total. The predicted molar refractivity (Wildman–Crippen MR) is 109 cm³/mol. The van der Waals surface area contributed by atoms with Crippen LogP contribution in [0.1, 0.15) is 92.9 Å². The van der Waals surface area contributed by atoms with Gasteiger partial charge in [-0.1, -0.05) is 52.4 Å². The summed E-state index contributed by atoms with van der Waals surface area (Å²) in [5.41, 5.74) is 0. The van der Waals surface area contributed by atoms with Gasteiger partial charge < -0.3 is 12.4 Å². The molecule has 0 unspecified atom stereocenters. The summed E-state index contributed by atoms with van der Waals surface area (Å²) in [5.74, 6) is 1.48. The number of unbranched alkanes of at least 4 members (excludes halogenated alkanes) is 6. The summed E-state index contributed by atoms with van der Waals surface area (Å²) in [6, 6.07) is 0. The lowest BCUT2D eigenvalue weighted by molar-refractivity contribution is -0.531. The van der Waals surface area contributed by atoms with Crippen molar-refractivity contribution in [1.29, 1.82) is 0 Å². The van der Waals surface area contributed by atoms with Gasteiger partial charge in [-0.15, -0.1) is 0 Å². The lowest BCUT2D eigenvalue weighted by Gasteiger charge is -2.29. The molecule has 0 radical (unpaired) electrons. The summed E-state index contributed by atoms with van der Waals surface area (Å²) in [6.07, 6.45) is 10.8. The van der Waals surface area contributed by atoms with E-state index in [1.165, 1.54) is 70.4 Å². The second kappa shape index (κ2) is 18.4. The van der Waals surface area contributed by atoms with Gasteiger partial charge in [-0.25, -0.2) is 0 Å². The molecule has 0 aromatic heterocycles. The molecule has 0 rings (SSSR count). The molecule has 0 fully saturated rings. The maximum absolute atomic E-state index is 2.70. The SMILES string of the molecule is CCCCCCN(CCCCCC)C(N(CC)CC)=[N+](CC)CC.[Cl-]. The highest BCUT2D eigenvalue weighted by molar-refractivity contribution is 5.75. The average molecular weight is 376 g/mol. The molecular weight excluding hydrogens is 330 g/mol. The molecule has 0 saturated carbocycles. The van der Waals surface area contributed by atoms with E-state index in [1.54, 1.807) is 0 Å². The number of halogens is 1. The monoisotopic (exact) mass is 375 g/mol. The Morgan fingerprint density at radius 3 is 1.36 bits per heavy atom. The van der Waals surface area contributed by atoms with E-state index in [0.717, 1.165) is 26.2 Å². The first-order chi connectivity index (χ1) is 11.7. The third-order valence-electron chi connectivity index (χ3n) is 4.94. The molecule has 152 valence electrons. The van der Waals surface area contributed by atoms with Crippen molar-refractivity contribution in [3.8, 4) is 0 Å². The molecule has 0 atom stereocenters. The highest BCUT2D eigenvalue weighted by atomic mass is 35.5. The first-order valence-electron chi connectivity index (χ1n) is 10.8. The van der Waals surface area contributed by atoms with Crippen LogP contribution in [0.2, 0.25) is 0 Å². The van der Waals surface area contributed by atoms with Crippen molar-refractivity contribution in [3.63, 3.8) is 0 Å². The minimum Gasteiger partial charge on any atom is -1.00 e. The smallest absolute Gasteiger partial charge is 0.350 e. The second-order valence-electron chi connectivity index (χ2n) is 6.75. The molecule has 0 heterocycles. The summed E-state index contributed by atoms with van der Waals surface area (Å²) in [5, 5.41) is 0.